The molecule has 5 rings (SSSR count). The summed E-state index contributed by atoms with van der Waals surface area (Å²) in [6.45, 7) is 20.9. The largest absolute Gasteiger partial charge is 0.491 e. The lowest BCUT2D eigenvalue weighted by atomic mass is 9.93. The summed E-state index contributed by atoms with van der Waals surface area (Å²) in [5.74, 6) is -2.97. The van der Waals surface area contributed by atoms with Gasteiger partial charge < -0.3 is 65.2 Å². The van der Waals surface area contributed by atoms with E-state index in [1.165, 1.54) is 18.9 Å². The molecule has 0 fully saturated rings. The number of hydrogen-bond donors (Lipinski definition) is 6. The number of likely N-dealkylation sites (N-methyl/N-ethyl adjacent to an activating group) is 1. The number of amides is 7. The van der Waals surface area contributed by atoms with Crippen molar-refractivity contribution in [1.29, 1.82) is 0 Å². The molecule has 0 aromatic heterocycles. The number of rotatable bonds is 20. The van der Waals surface area contributed by atoms with Gasteiger partial charge in [0.05, 0.1) is 19.7 Å². The molecule has 4 aromatic rings. The lowest BCUT2D eigenvalue weighted by molar-refractivity contribution is -0.147. The molecule has 4 aromatic carbocycles. The summed E-state index contributed by atoms with van der Waals surface area (Å²) in [6.07, 6.45) is -1.21. The van der Waals surface area contributed by atoms with Crippen molar-refractivity contribution in [3.63, 3.8) is 0 Å². The summed E-state index contributed by atoms with van der Waals surface area (Å²) in [6, 6.07) is 19.6. The fraction of sp³-hybridized carbons (Fsp3) is 0.484. The Morgan fingerprint density at radius 3 is 1.67 bits per heavy atom. The highest BCUT2D eigenvalue weighted by Gasteiger charge is 2.37. The molecule has 6 N–H and O–H groups in total. The molecular formula is C62H83N7O14. The monoisotopic (exact) mass is 1150 g/mol. The van der Waals surface area contributed by atoms with Crippen LogP contribution in [0.1, 0.15) is 129 Å². The van der Waals surface area contributed by atoms with Crippen LogP contribution in [0, 0.1) is 6.92 Å². The third-order valence-corrected chi connectivity index (χ3v) is 12.5. The lowest BCUT2D eigenvalue weighted by Crippen LogP contribution is -2.55. The number of carbonyl (C=O) groups excluding carboxylic acids is 8. The summed E-state index contributed by atoms with van der Waals surface area (Å²) in [5.41, 5.74) is 2.46. The zero-order chi connectivity index (χ0) is 61.2. The second-order valence-electron chi connectivity index (χ2n) is 23.1. The number of nitrogens with one attached hydrogen (secondary N) is 6. The Balaban J connectivity index is 1.61. The average molecular weight is 1150 g/mol. The standard InChI is InChI=1S/C62H83N7O14/c1-14-78-56(74)48-36-40-20-28-49(79-33-31-64-58(76)82-61(7,8)9)45(35-40)46-37-44(27-29-50(46)80-34-32-65-59(77)83-62(10,11)12)51(54(72)66-39(3)52(70)68-48)69(13)55(73)47(17-15-16-30-63-57(75)81-60(4,5)6)67-53(71)43-25-23-42(24-26-43)41-21-18-38(2)19-22-41/h18-29,35,37,39,47-48,51H,14-17,30-34,36H2,1-13H3,(H,63,75)(H,64,76)(H,65,77)(H,66,72)(H,67,71)(H,68,70)/t39-,47-,48-,51-/m0/s1. The summed E-state index contributed by atoms with van der Waals surface area (Å²) in [5, 5.41) is 16.5. The molecule has 4 atom stereocenters. The van der Waals surface area contributed by atoms with Crippen LogP contribution in [0.4, 0.5) is 14.4 Å². The molecule has 1 aliphatic heterocycles. The van der Waals surface area contributed by atoms with Gasteiger partial charge in [0.15, 0.2) is 0 Å². The van der Waals surface area contributed by atoms with E-state index in [9.17, 15) is 28.8 Å². The average Bonchev–Trinajstić information content (AvgIpc) is 2.93. The minimum absolute atomic E-state index is 0.00981. The van der Waals surface area contributed by atoms with Gasteiger partial charge in [0.25, 0.3) is 5.91 Å². The second-order valence-corrected chi connectivity index (χ2v) is 23.1. The summed E-state index contributed by atoms with van der Waals surface area (Å²) in [7, 11) is 1.41. The highest BCUT2D eigenvalue weighted by atomic mass is 16.6. The van der Waals surface area contributed by atoms with Crippen LogP contribution in [-0.4, -0.2) is 134 Å². The van der Waals surface area contributed by atoms with E-state index in [2.05, 4.69) is 31.9 Å². The number of carbonyl (C=O) groups is 8. The molecule has 450 valence electrons. The van der Waals surface area contributed by atoms with Crippen molar-refractivity contribution in [3.05, 3.63) is 107 Å². The van der Waals surface area contributed by atoms with Crippen molar-refractivity contribution in [3.8, 4) is 33.8 Å². The van der Waals surface area contributed by atoms with E-state index >= 15 is 9.59 Å². The van der Waals surface area contributed by atoms with Crippen LogP contribution >= 0.6 is 0 Å². The Morgan fingerprint density at radius 1 is 0.639 bits per heavy atom. The van der Waals surface area contributed by atoms with Crippen LogP contribution < -0.4 is 41.4 Å². The number of ether oxygens (including phenoxy) is 6. The topological polar surface area (TPSA) is 267 Å². The van der Waals surface area contributed by atoms with Crippen LogP contribution in [0.3, 0.4) is 0 Å². The molecule has 0 unspecified atom stereocenters. The molecule has 21 heteroatoms. The van der Waals surface area contributed by atoms with E-state index in [-0.39, 0.29) is 74.9 Å². The lowest BCUT2D eigenvalue weighted by Gasteiger charge is -2.33. The first-order valence-corrected chi connectivity index (χ1v) is 28.0. The van der Waals surface area contributed by atoms with E-state index in [1.807, 2.05) is 43.3 Å². The molecule has 0 aliphatic carbocycles. The molecule has 0 saturated carbocycles. The Morgan fingerprint density at radius 2 is 1.14 bits per heavy atom. The molecule has 0 saturated heterocycles. The number of benzene rings is 4. The van der Waals surface area contributed by atoms with E-state index < -0.39 is 88.8 Å². The number of hydrogen-bond acceptors (Lipinski definition) is 14. The maximum atomic E-state index is 15.3. The van der Waals surface area contributed by atoms with Crippen molar-refractivity contribution in [2.75, 3.05) is 46.5 Å². The predicted molar refractivity (Wildman–Crippen MR) is 313 cm³/mol. The third-order valence-electron chi connectivity index (χ3n) is 12.5. The molecular weight excluding hydrogens is 1070 g/mol. The highest BCUT2D eigenvalue weighted by molar-refractivity contribution is 5.99. The zero-order valence-electron chi connectivity index (χ0n) is 50.1. The minimum Gasteiger partial charge on any atom is -0.491 e. The van der Waals surface area contributed by atoms with Gasteiger partial charge in [-0.25, -0.2) is 19.2 Å². The number of aryl methyl sites for hydroxylation is 1. The molecule has 1 aliphatic rings. The summed E-state index contributed by atoms with van der Waals surface area (Å²) < 4.78 is 34.3. The second kappa shape index (κ2) is 29.6. The summed E-state index contributed by atoms with van der Waals surface area (Å²) >= 11 is 0. The predicted octanol–water partition coefficient (Wildman–Crippen LogP) is 8.24. The Kier molecular flexibility index (Phi) is 23.3. The molecule has 0 spiro atoms. The van der Waals surface area contributed by atoms with Crippen molar-refractivity contribution in [1.82, 2.24) is 36.8 Å². The van der Waals surface area contributed by atoms with Crippen molar-refractivity contribution in [2.24, 2.45) is 0 Å². The van der Waals surface area contributed by atoms with Crippen LogP contribution in [0.15, 0.2) is 84.9 Å². The van der Waals surface area contributed by atoms with Gasteiger partial charge in [0.2, 0.25) is 17.7 Å². The first-order chi connectivity index (χ1) is 39.0. The maximum Gasteiger partial charge on any atom is 0.407 e. The van der Waals surface area contributed by atoms with Crippen LogP contribution in [0.25, 0.3) is 22.3 Å². The third kappa shape index (κ3) is 21.2. The van der Waals surface area contributed by atoms with Gasteiger partial charge in [-0.05, 0) is 161 Å². The SMILES string of the molecule is CCOC(=O)[C@@H]1Cc2ccc(OCCNC(=O)OC(C)(C)C)c(c2)-c2cc(ccc2OCCNC(=O)OC(C)(C)C)[C@H](N(C)C(=O)[C@H](CCCCNC(=O)OC(C)(C)C)NC(=O)c2ccc(-c3ccc(C)cc3)cc2)C(=O)N[C@@H](C)C(=O)N1. The maximum absolute atomic E-state index is 15.3. The van der Waals surface area contributed by atoms with Crippen molar-refractivity contribution < 1.29 is 66.8 Å². The number of nitrogens with zero attached hydrogens (tertiary/aromatic N) is 1. The summed E-state index contributed by atoms with van der Waals surface area (Å²) in [4.78, 5) is 111. The number of unbranched alkanes of at least 4 members (excludes halogenated alkanes) is 1. The molecule has 83 heavy (non-hydrogen) atoms. The van der Waals surface area contributed by atoms with Gasteiger partial charge in [-0.1, -0.05) is 54.1 Å². The Bertz CT molecular complexity index is 2910. The number of alkyl carbamates (subject to hydrolysis) is 3. The molecule has 4 bridgehead atoms. The normalized spacial score (nSPS) is 15.8. The van der Waals surface area contributed by atoms with Crippen molar-refractivity contribution >= 4 is 47.9 Å². The molecule has 0 radical (unpaired) electrons. The van der Waals surface area contributed by atoms with Crippen LogP contribution in [0.5, 0.6) is 11.5 Å². The Hall–Kier alpha value is -8.36. The smallest absolute Gasteiger partial charge is 0.407 e. The first-order valence-electron chi connectivity index (χ1n) is 28.0. The Labute approximate surface area is 486 Å². The zero-order valence-corrected chi connectivity index (χ0v) is 50.1. The van der Waals surface area contributed by atoms with Crippen LogP contribution in [0.2, 0.25) is 0 Å². The van der Waals surface area contributed by atoms with Gasteiger partial charge in [-0.3, -0.25) is 19.2 Å². The van der Waals surface area contributed by atoms with Gasteiger partial charge in [0, 0.05) is 36.7 Å². The van der Waals surface area contributed by atoms with Gasteiger partial charge >= 0.3 is 24.2 Å². The molecule has 1 heterocycles. The van der Waals surface area contributed by atoms with E-state index in [0.29, 0.717) is 29.5 Å². The highest BCUT2D eigenvalue weighted by Crippen LogP contribution is 2.40. The van der Waals surface area contributed by atoms with Crippen LogP contribution in [-0.2, 0) is 44.5 Å². The number of fused-ring (bicyclic) bond motifs is 5. The molecule has 7 amide bonds. The first kappa shape index (κ1) is 65.5. The van der Waals surface area contributed by atoms with Gasteiger partial charge in [-0.15, -0.1) is 0 Å². The fourth-order valence-corrected chi connectivity index (χ4v) is 8.64. The molecule has 21 nitrogen and oxygen atoms in total. The van der Waals surface area contributed by atoms with E-state index in [1.54, 1.807) is 118 Å². The van der Waals surface area contributed by atoms with Gasteiger partial charge in [-0.2, -0.15) is 0 Å². The fourth-order valence-electron chi connectivity index (χ4n) is 8.64. The van der Waals surface area contributed by atoms with Gasteiger partial charge in [0.1, 0.15) is 65.7 Å². The quantitative estimate of drug-likeness (QED) is 0.0277. The van der Waals surface area contributed by atoms with Crippen molar-refractivity contribution in [2.45, 2.75) is 150 Å². The van der Waals surface area contributed by atoms with E-state index in [4.69, 9.17) is 28.4 Å². The number of esters is 1. The minimum atomic E-state index is -1.50. The van der Waals surface area contributed by atoms with E-state index in [0.717, 1.165) is 16.7 Å².